The Balaban J connectivity index is 3.80. The van der Waals surface area contributed by atoms with Crippen LogP contribution >= 0.6 is 15.9 Å². The van der Waals surface area contributed by atoms with Gasteiger partial charge in [0.1, 0.15) is 0 Å². The van der Waals surface area contributed by atoms with Gasteiger partial charge in [0.15, 0.2) is 0 Å². The van der Waals surface area contributed by atoms with E-state index in [1.807, 2.05) is 0 Å². The van der Waals surface area contributed by atoms with Crippen molar-refractivity contribution in [3.05, 3.63) is 0 Å². The van der Waals surface area contributed by atoms with E-state index >= 15 is 0 Å². The molecule has 0 aliphatic rings. The fraction of sp³-hybridized carbons (Fsp3) is 0.947. The normalized spacial score (nSPS) is 12.3. The summed E-state index contributed by atoms with van der Waals surface area (Å²) in [5, 5.41) is 1.10. The summed E-state index contributed by atoms with van der Waals surface area (Å²) in [6.07, 6.45) is 15.2. The molecule has 0 aromatic rings. The first-order valence-corrected chi connectivity index (χ1v) is 10.6. The van der Waals surface area contributed by atoms with Gasteiger partial charge in [-0.15, -0.1) is 0 Å². The van der Waals surface area contributed by atoms with Crippen molar-refractivity contribution in [3.8, 4) is 0 Å². The van der Waals surface area contributed by atoms with Crippen LogP contribution in [0.3, 0.4) is 0 Å². The second-order valence-corrected chi connectivity index (χ2v) is 7.11. The zero-order chi connectivity index (χ0) is 16.5. The minimum atomic E-state index is 0.0606. The van der Waals surface area contributed by atoms with Gasteiger partial charge in [0.05, 0.1) is 12.5 Å². The van der Waals surface area contributed by atoms with Gasteiger partial charge in [0, 0.05) is 5.33 Å². The van der Waals surface area contributed by atoms with E-state index in [0.717, 1.165) is 37.4 Å². The highest BCUT2D eigenvalue weighted by atomic mass is 79.9. The molecule has 2 nitrogen and oxygen atoms in total. The van der Waals surface area contributed by atoms with E-state index in [9.17, 15) is 4.79 Å². The molecule has 1 unspecified atom stereocenters. The summed E-state index contributed by atoms with van der Waals surface area (Å²) in [7, 11) is 0. The van der Waals surface area contributed by atoms with Crippen LogP contribution in [0.5, 0.6) is 0 Å². The second-order valence-electron chi connectivity index (χ2n) is 6.31. The highest BCUT2D eigenvalue weighted by molar-refractivity contribution is 9.09. The van der Waals surface area contributed by atoms with Crippen molar-refractivity contribution in [2.24, 2.45) is 5.92 Å². The molecule has 0 aromatic heterocycles. The predicted molar refractivity (Wildman–Crippen MR) is 99.6 cm³/mol. The highest BCUT2D eigenvalue weighted by Gasteiger charge is 2.18. The molecule has 0 N–H and O–H groups in total. The molecule has 0 aliphatic heterocycles. The molecular weight excluding hydrogens is 340 g/mol. The third-order valence-electron chi connectivity index (χ3n) is 4.17. The van der Waals surface area contributed by atoms with Crippen molar-refractivity contribution >= 4 is 21.9 Å². The van der Waals surface area contributed by atoms with Crippen LogP contribution in [0.4, 0.5) is 0 Å². The van der Waals surface area contributed by atoms with E-state index in [1.54, 1.807) is 0 Å². The van der Waals surface area contributed by atoms with Crippen LogP contribution in [0.1, 0.15) is 97.3 Å². The van der Waals surface area contributed by atoms with E-state index in [2.05, 4.69) is 29.8 Å². The molecule has 0 spiro atoms. The Morgan fingerprint density at radius 3 is 2.09 bits per heavy atom. The Bertz CT molecular complexity index is 244. The fourth-order valence-electron chi connectivity index (χ4n) is 2.67. The molecule has 3 heteroatoms. The van der Waals surface area contributed by atoms with Gasteiger partial charge in [0.25, 0.3) is 0 Å². The summed E-state index contributed by atoms with van der Waals surface area (Å²) in [5.41, 5.74) is 0. The second kappa shape index (κ2) is 17.3. The number of halogens is 1. The van der Waals surface area contributed by atoms with Crippen LogP contribution in [-0.2, 0) is 9.53 Å². The van der Waals surface area contributed by atoms with Crippen LogP contribution in [0.2, 0.25) is 0 Å². The van der Waals surface area contributed by atoms with Gasteiger partial charge in [-0.1, -0.05) is 87.6 Å². The fourth-order valence-corrected chi connectivity index (χ4v) is 3.06. The van der Waals surface area contributed by atoms with Crippen molar-refractivity contribution in [3.63, 3.8) is 0 Å². The van der Waals surface area contributed by atoms with Gasteiger partial charge in [0.2, 0.25) is 0 Å². The molecule has 0 heterocycles. The molecule has 0 saturated heterocycles. The van der Waals surface area contributed by atoms with E-state index in [0.29, 0.717) is 6.61 Å². The minimum absolute atomic E-state index is 0.0606. The number of hydrogen-bond donors (Lipinski definition) is 0. The van der Waals surface area contributed by atoms with E-state index in [4.69, 9.17) is 4.74 Å². The average molecular weight is 377 g/mol. The summed E-state index contributed by atoms with van der Waals surface area (Å²) >= 11 is 3.45. The molecule has 0 aromatic carbocycles. The number of rotatable bonds is 16. The zero-order valence-electron chi connectivity index (χ0n) is 14.9. The van der Waals surface area contributed by atoms with Crippen molar-refractivity contribution in [2.45, 2.75) is 97.3 Å². The summed E-state index contributed by atoms with van der Waals surface area (Å²) in [6.45, 7) is 5.03. The number of esters is 1. The first-order chi connectivity index (χ1) is 10.8. The average Bonchev–Trinajstić information content (AvgIpc) is 2.53. The number of carbonyl (C=O) groups is 1. The number of unbranched alkanes of at least 4 members (excludes halogenated alkanes) is 8. The highest BCUT2D eigenvalue weighted by Crippen LogP contribution is 2.19. The minimum Gasteiger partial charge on any atom is -0.465 e. The van der Waals surface area contributed by atoms with E-state index < -0.39 is 0 Å². The summed E-state index contributed by atoms with van der Waals surface area (Å²) in [4.78, 5) is 12.2. The zero-order valence-corrected chi connectivity index (χ0v) is 16.5. The van der Waals surface area contributed by atoms with Gasteiger partial charge in [-0.2, -0.15) is 0 Å². The molecule has 0 saturated carbocycles. The quantitative estimate of drug-likeness (QED) is 0.171. The summed E-state index contributed by atoms with van der Waals surface area (Å²) < 4.78 is 5.52. The summed E-state index contributed by atoms with van der Waals surface area (Å²) in [6, 6.07) is 0. The molecular formula is C19H37BrO2. The molecule has 0 aliphatic carbocycles. The number of ether oxygens (including phenoxy) is 1. The number of alkyl halides is 1. The van der Waals surface area contributed by atoms with Gasteiger partial charge in [-0.25, -0.2) is 0 Å². The Kier molecular flexibility index (Phi) is 17.3. The van der Waals surface area contributed by atoms with Crippen LogP contribution in [0.25, 0.3) is 0 Å². The Morgan fingerprint density at radius 2 is 1.41 bits per heavy atom. The van der Waals surface area contributed by atoms with Gasteiger partial charge in [-0.05, 0) is 25.7 Å². The van der Waals surface area contributed by atoms with Crippen LogP contribution in [-0.4, -0.2) is 17.9 Å². The smallest absolute Gasteiger partial charge is 0.308 e. The molecule has 0 rings (SSSR count). The first-order valence-electron chi connectivity index (χ1n) is 9.48. The maximum Gasteiger partial charge on any atom is 0.308 e. The van der Waals surface area contributed by atoms with Crippen LogP contribution in [0.15, 0.2) is 0 Å². The van der Waals surface area contributed by atoms with Crippen molar-refractivity contribution in [1.82, 2.24) is 0 Å². The van der Waals surface area contributed by atoms with Gasteiger partial charge in [-0.3, -0.25) is 4.79 Å². The van der Waals surface area contributed by atoms with Crippen LogP contribution in [0, 0.1) is 5.92 Å². The van der Waals surface area contributed by atoms with Crippen LogP contribution < -0.4 is 0 Å². The molecule has 22 heavy (non-hydrogen) atoms. The summed E-state index contributed by atoms with van der Waals surface area (Å²) in [5.74, 6) is 0.204. The maximum atomic E-state index is 12.2. The Hall–Kier alpha value is -0.0500. The lowest BCUT2D eigenvalue weighted by atomic mass is 9.95. The molecule has 0 amide bonds. The van der Waals surface area contributed by atoms with E-state index in [1.165, 1.54) is 51.4 Å². The predicted octanol–water partition coefficient (Wildman–Crippen LogP) is 6.65. The third kappa shape index (κ3) is 13.6. The molecule has 1 atom stereocenters. The molecule has 0 radical (unpaired) electrons. The lowest BCUT2D eigenvalue weighted by molar-refractivity contribution is -0.149. The maximum absolute atomic E-state index is 12.2. The third-order valence-corrected chi connectivity index (χ3v) is 4.73. The standard InChI is InChI=1S/C19H37BrO2/c1-3-5-7-11-15-18(14-6-4-2)19(21)22-17-13-10-8-9-12-16-20/h18H,3-17H2,1-2H3. The van der Waals surface area contributed by atoms with Crippen molar-refractivity contribution < 1.29 is 9.53 Å². The Morgan fingerprint density at radius 1 is 0.818 bits per heavy atom. The lowest BCUT2D eigenvalue weighted by Gasteiger charge is -2.15. The first kappa shape index (κ1) is 21.9. The topological polar surface area (TPSA) is 26.3 Å². The SMILES string of the molecule is CCCCCCC(CCCC)C(=O)OCCCCCCCBr. The van der Waals surface area contributed by atoms with Gasteiger partial charge < -0.3 is 4.74 Å². The number of carbonyl (C=O) groups excluding carboxylic acids is 1. The van der Waals surface area contributed by atoms with E-state index in [-0.39, 0.29) is 11.9 Å². The molecule has 132 valence electrons. The molecule has 0 fully saturated rings. The Labute approximate surface area is 146 Å². The largest absolute Gasteiger partial charge is 0.465 e. The van der Waals surface area contributed by atoms with Crippen molar-refractivity contribution in [1.29, 1.82) is 0 Å². The monoisotopic (exact) mass is 376 g/mol. The van der Waals surface area contributed by atoms with Gasteiger partial charge >= 0.3 is 5.97 Å². The van der Waals surface area contributed by atoms with Crippen molar-refractivity contribution in [2.75, 3.05) is 11.9 Å². The molecule has 0 bridgehead atoms. The number of hydrogen-bond acceptors (Lipinski definition) is 2. The lowest BCUT2D eigenvalue weighted by Crippen LogP contribution is -2.18.